The van der Waals surface area contributed by atoms with Gasteiger partial charge in [-0.1, -0.05) is 32.4 Å². The average Bonchev–Trinajstić information content (AvgIpc) is 2.80. The maximum Gasteiger partial charge on any atom is 0.192 e. The Hall–Kier alpha value is -1.13. The van der Waals surface area contributed by atoms with E-state index < -0.39 is 8.32 Å². The van der Waals surface area contributed by atoms with E-state index in [-0.39, 0.29) is 17.0 Å². The molecule has 0 spiro atoms. The molecule has 0 saturated carbocycles. The molecule has 134 valence electrons. The van der Waals surface area contributed by atoms with Crippen LogP contribution in [0.5, 0.6) is 5.75 Å². The van der Waals surface area contributed by atoms with Gasteiger partial charge in [-0.25, -0.2) is 4.39 Å². The highest BCUT2D eigenvalue weighted by Gasteiger charge is 2.40. The lowest BCUT2D eigenvalue weighted by atomic mass is 10.00. The van der Waals surface area contributed by atoms with Crippen LogP contribution in [0, 0.1) is 5.82 Å². The molecule has 0 N–H and O–H groups in total. The Labute approximate surface area is 147 Å². The molecule has 1 aromatic carbocycles. The van der Waals surface area contributed by atoms with Gasteiger partial charge in [-0.2, -0.15) is 0 Å². The van der Waals surface area contributed by atoms with Gasteiger partial charge in [0.25, 0.3) is 0 Å². The van der Waals surface area contributed by atoms with Gasteiger partial charge in [0.1, 0.15) is 11.6 Å². The molecule has 1 atom stereocenters. The van der Waals surface area contributed by atoms with Crippen molar-refractivity contribution in [1.29, 1.82) is 0 Å². The second kappa shape index (κ2) is 7.01. The van der Waals surface area contributed by atoms with Gasteiger partial charge in [0.05, 0.1) is 13.2 Å². The Morgan fingerprint density at radius 2 is 1.92 bits per heavy atom. The second-order valence-corrected chi connectivity index (χ2v) is 13.1. The number of hydrogen-bond donors (Lipinski definition) is 0. The van der Waals surface area contributed by atoms with Crippen LogP contribution in [0.3, 0.4) is 0 Å². The van der Waals surface area contributed by atoms with Crippen molar-refractivity contribution in [3.63, 3.8) is 0 Å². The zero-order valence-corrected chi connectivity index (χ0v) is 17.1. The predicted octanol–water partition coefficient (Wildman–Crippen LogP) is 5.88. The third-order valence-corrected chi connectivity index (χ3v) is 10.1. The first kappa shape index (κ1) is 19.2. The van der Waals surface area contributed by atoms with Gasteiger partial charge >= 0.3 is 0 Å². The molecule has 1 aliphatic carbocycles. The summed E-state index contributed by atoms with van der Waals surface area (Å²) in [6.07, 6.45) is 3.09. The largest absolute Gasteiger partial charge is 0.496 e. The van der Waals surface area contributed by atoms with Crippen LogP contribution < -0.4 is 4.74 Å². The van der Waals surface area contributed by atoms with Crippen LogP contribution in [0.25, 0.3) is 0 Å². The summed E-state index contributed by atoms with van der Waals surface area (Å²) in [5, 5.41) is 0.197. The van der Waals surface area contributed by atoms with E-state index in [0.29, 0.717) is 5.75 Å². The summed E-state index contributed by atoms with van der Waals surface area (Å²) in [6, 6.07) is 4.80. The molecule has 0 heterocycles. The monoisotopic (exact) mass is 350 g/mol. The fraction of sp³-hybridized carbons (Fsp3) is 0.600. The van der Waals surface area contributed by atoms with Gasteiger partial charge in [-0.3, -0.25) is 0 Å². The molecule has 1 aromatic rings. The lowest BCUT2D eigenvalue weighted by molar-refractivity contribution is 0.212. The van der Waals surface area contributed by atoms with Gasteiger partial charge in [-0.05, 0) is 61.5 Å². The quantitative estimate of drug-likeness (QED) is 0.488. The van der Waals surface area contributed by atoms with Crippen molar-refractivity contribution in [2.45, 2.75) is 71.2 Å². The lowest BCUT2D eigenvalue weighted by Crippen LogP contribution is -2.44. The Morgan fingerprint density at radius 1 is 1.25 bits per heavy atom. The second-order valence-electron chi connectivity index (χ2n) is 8.34. The Morgan fingerprint density at radius 3 is 2.50 bits per heavy atom. The van der Waals surface area contributed by atoms with Crippen molar-refractivity contribution in [3.05, 3.63) is 40.7 Å². The first-order valence-electron chi connectivity index (χ1n) is 8.74. The highest BCUT2D eigenvalue weighted by Crippen LogP contribution is 2.41. The summed E-state index contributed by atoms with van der Waals surface area (Å²) in [4.78, 5) is 0. The Kier molecular flexibility index (Phi) is 5.60. The molecule has 0 saturated heterocycles. The van der Waals surface area contributed by atoms with Gasteiger partial charge in [0.2, 0.25) is 0 Å². The van der Waals surface area contributed by atoms with Crippen LogP contribution in [0.2, 0.25) is 18.1 Å². The van der Waals surface area contributed by atoms with E-state index in [1.165, 1.54) is 23.3 Å². The van der Waals surface area contributed by atoms with Crippen LogP contribution in [-0.4, -0.2) is 21.5 Å². The molecule has 0 amide bonds. The summed E-state index contributed by atoms with van der Waals surface area (Å²) in [5.41, 5.74) is 3.79. The van der Waals surface area contributed by atoms with Crippen LogP contribution in [-0.2, 0) is 10.8 Å². The first-order valence-corrected chi connectivity index (χ1v) is 11.6. The number of halogens is 1. The van der Waals surface area contributed by atoms with E-state index in [1.54, 1.807) is 7.11 Å². The van der Waals surface area contributed by atoms with Crippen molar-refractivity contribution in [2.24, 2.45) is 0 Å². The average molecular weight is 351 g/mol. The normalized spacial score (nSPS) is 19.1. The molecule has 2 nitrogen and oxygen atoms in total. The van der Waals surface area contributed by atoms with Crippen LogP contribution >= 0.6 is 0 Å². The zero-order chi connectivity index (χ0) is 18.1. The minimum atomic E-state index is -1.81. The third-order valence-electron chi connectivity index (χ3n) is 5.59. The van der Waals surface area contributed by atoms with E-state index in [4.69, 9.17) is 9.16 Å². The van der Waals surface area contributed by atoms with E-state index in [0.717, 1.165) is 24.8 Å². The van der Waals surface area contributed by atoms with E-state index >= 15 is 0 Å². The van der Waals surface area contributed by atoms with Crippen molar-refractivity contribution in [3.8, 4) is 5.75 Å². The summed E-state index contributed by atoms with van der Waals surface area (Å²) in [7, 11) is -0.220. The number of rotatable bonds is 5. The topological polar surface area (TPSA) is 18.5 Å². The van der Waals surface area contributed by atoms with Crippen molar-refractivity contribution in [1.82, 2.24) is 0 Å². The fourth-order valence-corrected chi connectivity index (χ4v) is 4.28. The molecule has 24 heavy (non-hydrogen) atoms. The summed E-state index contributed by atoms with van der Waals surface area (Å²) in [6.45, 7) is 13.6. The van der Waals surface area contributed by atoms with E-state index in [9.17, 15) is 4.39 Å². The number of methoxy groups -OCH3 is 1. The van der Waals surface area contributed by atoms with Crippen molar-refractivity contribution >= 4 is 8.32 Å². The SMILES string of the molecule is COc1cc(F)ccc1CC1=C(C)CCC1O[Si](C)(C)C(C)(C)C. The molecule has 0 aromatic heterocycles. The first-order chi connectivity index (χ1) is 11.0. The van der Waals surface area contributed by atoms with Crippen LogP contribution in [0.4, 0.5) is 4.39 Å². The van der Waals surface area contributed by atoms with Crippen LogP contribution in [0.1, 0.15) is 46.1 Å². The van der Waals surface area contributed by atoms with Gasteiger partial charge in [-0.15, -0.1) is 0 Å². The van der Waals surface area contributed by atoms with E-state index in [1.807, 2.05) is 6.07 Å². The fourth-order valence-electron chi connectivity index (χ4n) is 2.95. The number of ether oxygens (including phenoxy) is 1. The Bertz CT molecular complexity index is 629. The molecular formula is C20H31FO2Si. The molecule has 4 heteroatoms. The number of hydrogen-bond acceptors (Lipinski definition) is 2. The Balaban J connectivity index is 2.24. The highest BCUT2D eigenvalue weighted by atomic mass is 28.4. The maximum atomic E-state index is 13.4. The summed E-state index contributed by atoms with van der Waals surface area (Å²) in [5.74, 6) is 0.357. The van der Waals surface area contributed by atoms with Crippen molar-refractivity contribution < 1.29 is 13.6 Å². The molecular weight excluding hydrogens is 319 g/mol. The van der Waals surface area contributed by atoms with E-state index in [2.05, 4.69) is 40.8 Å². The summed E-state index contributed by atoms with van der Waals surface area (Å²) < 4.78 is 25.5. The predicted molar refractivity (Wildman–Crippen MR) is 101 cm³/mol. The minimum absolute atomic E-state index is 0.181. The molecule has 1 aliphatic rings. The maximum absolute atomic E-state index is 13.4. The molecule has 1 unspecified atom stereocenters. The lowest BCUT2D eigenvalue weighted by Gasteiger charge is -2.39. The van der Waals surface area contributed by atoms with Crippen LogP contribution in [0.15, 0.2) is 29.3 Å². The minimum Gasteiger partial charge on any atom is -0.496 e. The standard InChI is InChI=1S/C20H31FO2Si/c1-14-8-11-18(23-24(6,7)20(2,3)4)17(14)12-15-9-10-16(21)13-19(15)22-5/h9-10,13,18H,8,11-12H2,1-7H3. The van der Waals surface area contributed by atoms with Gasteiger partial charge < -0.3 is 9.16 Å². The highest BCUT2D eigenvalue weighted by molar-refractivity contribution is 6.74. The zero-order valence-electron chi connectivity index (χ0n) is 16.1. The summed E-state index contributed by atoms with van der Waals surface area (Å²) >= 11 is 0. The molecule has 0 fully saturated rings. The molecule has 0 aliphatic heterocycles. The van der Waals surface area contributed by atoms with Gasteiger partial charge in [0, 0.05) is 6.07 Å². The molecule has 0 bridgehead atoms. The van der Waals surface area contributed by atoms with Crippen molar-refractivity contribution in [2.75, 3.05) is 7.11 Å². The molecule has 0 radical (unpaired) electrons. The smallest absolute Gasteiger partial charge is 0.192 e. The third kappa shape index (κ3) is 4.09. The molecule has 2 rings (SSSR count). The number of benzene rings is 1. The number of allylic oxidation sites excluding steroid dienone is 1. The van der Waals surface area contributed by atoms with Gasteiger partial charge in [0.15, 0.2) is 8.32 Å².